The van der Waals surface area contributed by atoms with E-state index in [0.717, 1.165) is 123 Å². The monoisotopic (exact) mass is 1700 g/mol. The summed E-state index contributed by atoms with van der Waals surface area (Å²) in [5.41, 5.74) is 24.9. The highest BCUT2D eigenvalue weighted by molar-refractivity contribution is 7.28. The normalized spacial score (nSPS) is 11.8. The zero-order chi connectivity index (χ0) is 82.9. The van der Waals surface area contributed by atoms with Crippen LogP contribution in [0.5, 0.6) is 0 Å². The average Bonchev–Trinajstić information content (AvgIpc) is 1.59. The second kappa shape index (κ2) is 30.4. The molecule has 9 heterocycles. The fourth-order valence-electron chi connectivity index (χ4n) is 18.2. The van der Waals surface area contributed by atoms with Crippen LogP contribution >= 0.6 is 56.7 Å². The standard InChI is InChI=1S/C38H23NO2S.2C38H23NOS2/c1-2-8-26(9-3-1)39(28-19-20-31-36(23-28)42-38-30-11-5-7-13-34(30)41-37(31)38)27-17-14-24(15-18-27)25-16-21-35-32(22-25)29-10-4-6-12-33(29)40-35;2*1-2-8-24(9-3-1)25-14-16-26(17-15-25)39(27-19-21-35-32(22-27)29-10-5-7-13-34(29)41-35)28-18-20-31-36(23-28)42-38-30-11-4-6-12-33(30)40-37(31)38/h3*1-23H. The van der Waals surface area contributed by atoms with Crippen LogP contribution in [0.4, 0.5) is 51.2 Å². The maximum absolute atomic E-state index is 6.31. The Labute approximate surface area is 742 Å². The van der Waals surface area contributed by atoms with E-state index in [2.05, 4.69) is 385 Å². The van der Waals surface area contributed by atoms with Crippen molar-refractivity contribution >= 4 is 264 Å². The van der Waals surface area contributed by atoms with Crippen LogP contribution in [0.1, 0.15) is 0 Å². The van der Waals surface area contributed by atoms with Crippen LogP contribution in [0, 0.1) is 0 Å². The van der Waals surface area contributed by atoms with Gasteiger partial charge in [-0.2, -0.15) is 0 Å². The second-order valence-electron chi connectivity index (χ2n) is 31.7. The van der Waals surface area contributed by atoms with Gasteiger partial charge in [0.2, 0.25) is 0 Å². The number of rotatable bonds is 12. The van der Waals surface area contributed by atoms with Crippen LogP contribution in [-0.2, 0) is 0 Å². The number of furan rings is 4. The van der Waals surface area contributed by atoms with Crippen molar-refractivity contribution in [2.75, 3.05) is 14.7 Å². The predicted molar refractivity (Wildman–Crippen MR) is 541 cm³/mol. The Morgan fingerprint density at radius 1 is 0.143 bits per heavy atom. The molecule has 0 N–H and O–H groups in total. The number of nitrogens with zero attached hydrogens (tertiary/aromatic N) is 3. The van der Waals surface area contributed by atoms with Crippen LogP contribution in [0.3, 0.4) is 0 Å². The lowest BCUT2D eigenvalue weighted by molar-refractivity contribution is 0.669. The van der Waals surface area contributed by atoms with E-state index in [4.69, 9.17) is 17.7 Å². The van der Waals surface area contributed by atoms with Crippen LogP contribution in [0.2, 0.25) is 0 Å². The van der Waals surface area contributed by atoms with Gasteiger partial charge in [-0.05, 0) is 240 Å². The van der Waals surface area contributed by atoms with Gasteiger partial charge in [-0.1, -0.05) is 212 Å². The third-order valence-corrected chi connectivity index (χ3v) is 30.0. The van der Waals surface area contributed by atoms with Crippen molar-refractivity contribution in [2.45, 2.75) is 0 Å². The third-order valence-electron chi connectivity index (χ3n) is 24.2. The minimum Gasteiger partial charge on any atom is -0.456 e. The van der Waals surface area contributed by atoms with E-state index in [-0.39, 0.29) is 0 Å². The molecular weight excluding hydrogens is 1640 g/mol. The average molecular weight is 1710 g/mol. The highest BCUT2D eigenvalue weighted by atomic mass is 32.1. The van der Waals surface area contributed by atoms with Gasteiger partial charge in [-0.3, -0.25) is 0 Å². The van der Waals surface area contributed by atoms with Gasteiger partial charge in [0.25, 0.3) is 0 Å². The molecule has 0 radical (unpaired) electrons. The van der Waals surface area contributed by atoms with Crippen molar-refractivity contribution in [1.82, 2.24) is 0 Å². The molecule has 12 heteroatoms. The first kappa shape index (κ1) is 73.6. The summed E-state index contributed by atoms with van der Waals surface area (Å²) in [5.74, 6) is 0. The summed E-state index contributed by atoms with van der Waals surface area (Å²) in [6.07, 6.45) is 0. The summed E-state index contributed by atoms with van der Waals surface area (Å²) < 4.78 is 37.5. The maximum Gasteiger partial charge on any atom is 0.154 e. The maximum atomic E-state index is 6.31. The summed E-state index contributed by atoms with van der Waals surface area (Å²) in [5, 5.41) is 14.5. The highest BCUT2D eigenvalue weighted by Gasteiger charge is 2.25. The molecule has 0 saturated heterocycles. The molecule has 0 atom stereocenters. The number of hydrogen-bond acceptors (Lipinski definition) is 12. The van der Waals surface area contributed by atoms with Gasteiger partial charge in [0, 0.05) is 149 Å². The van der Waals surface area contributed by atoms with E-state index in [1.165, 1.54) is 118 Å². The molecule has 0 fully saturated rings. The predicted octanol–water partition coefficient (Wildman–Crippen LogP) is 36.4. The van der Waals surface area contributed by atoms with Crippen LogP contribution < -0.4 is 14.7 Å². The first-order valence-corrected chi connectivity index (χ1v) is 46.1. The molecule has 18 aromatic carbocycles. The Bertz CT molecular complexity index is 8530. The molecule has 594 valence electrons. The summed E-state index contributed by atoms with van der Waals surface area (Å²) in [6.45, 7) is 0. The molecular formula is C114H69N3O4S5. The van der Waals surface area contributed by atoms with Gasteiger partial charge in [-0.15, -0.1) is 56.7 Å². The van der Waals surface area contributed by atoms with Crippen LogP contribution in [-0.4, -0.2) is 0 Å². The SMILES string of the molecule is c1ccc(-c2ccc(N(c3ccc4c(c3)sc3c5ccccc5oc43)c3ccc4sc5ccccc5c4c3)cc2)cc1.c1ccc(-c2ccc(N(c3ccc4c(c3)sc3c5ccccc5oc43)c3ccc4sc5ccccc5c4c3)cc2)cc1.c1ccc(N(c2ccc(-c3ccc4oc5ccccc5c4c3)cc2)c2ccc3c(c2)sc2c4ccccc4oc32)cc1. The quantitative estimate of drug-likeness (QED) is 0.121. The first-order chi connectivity index (χ1) is 62.4. The number of hydrogen-bond donors (Lipinski definition) is 0. The fraction of sp³-hybridized carbons (Fsp3) is 0. The molecule has 7 nitrogen and oxygen atoms in total. The second-order valence-corrected chi connectivity index (χ2v) is 37.0. The molecule has 27 aromatic rings. The van der Waals surface area contributed by atoms with E-state index < -0.39 is 0 Å². The number of benzene rings is 18. The smallest absolute Gasteiger partial charge is 0.154 e. The Morgan fingerprint density at radius 3 is 0.833 bits per heavy atom. The summed E-state index contributed by atoms with van der Waals surface area (Å²) >= 11 is 9.11. The molecule has 0 unspecified atom stereocenters. The van der Waals surface area contributed by atoms with Crippen LogP contribution in [0.15, 0.2) is 436 Å². The Morgan fingerprint density at radius 2 is 0.421 bits per heavy atom. The molecule has 0 aliphatic carbocycles. The molecule has 0 aliphatic heterocycles. The van der Waals surface area contributed by atoms with Gasteiger partial charge >= 0.3 is 0 Å². The zero-order valence-corrected chi connectivity index (χ0v) is 71.4. The van der Waals surface area contributed by atoms with E-state index in [1.54, 1.807) is 34.0 Å². The Hall–Kier alpha value is -15.1. The molecule has 9 aromatic heterocycles. The minimum absolute atomic E-state index is 0.913. The lowest BCUT2D eigenvalue weighted by Gasteiger charge is -2.26. The minimum atomic E-state index is 0.913. The van der Waals surface area contributed by atoms with Crippen molar-refractivity contribution in [3.63, 3.8) is 0 Å². The molecule has 0 saturated carbocycles. The van der Waals surface area contributed by atoms with Gasteiger partial charge in [0.1, 0.15) is 27.9 Å². The number of fused-ring (bicyclic) bond motifs is 24. The number of anilines is 9. The van der Waals surface area contributed by atoms with Gasteiger partial charge in [0.15, 0.2) is 16.7 Å². The van der Waals surface area contributed by atoms with E-state index in [9.17, 15) is 0 Å². The fourth-order valence-corrected chi connectivity index (χ4v) is 24.0. The van der Waals surface area contributed by atoms with Crippen molar-refractivity contribution in [3.8, 4) is 33.4 Å². The highest BCUT2D eigenvalue weighted by Crippen LogP contribution is 2.51. The molecule has 126 heavy (non-hydrogen) atoms. The third kappa shape index (κ3) is 12.8. The van der Waals surface area contributed by atoms with Crippen LogP contribution in [0.25, 0.3) is 190 Å². The zero-order valence-electron chi connectivity index (χ0n) is 67.4. The molecule has 27 rings (SSSR count). The van der Waals surface area contributed by atoms with E-state index in [0.29, 0.717) is 0 Å². The summed E-state index contributed by atoms with van der Waals surface area (Å²) in [6, 6.07) is 149. The lowest BCUT2D eigenvalue weighted by Crippen LogP contribution is -2.09. The van der Waals surface area contributed by atoms with Gasteiger partial charge < -0.3 is 32.4 Å². The summed E-state index contributed by atoms with van der Waals surface area (Å²) in [7, 11) is 0. The molecule has 0 bridgehead atoms. The molecule has 0 aliphatic rings. The lowest BCUT2D eigenvalue weighted by atomic mass is 10.0. The number of thiophene rings is 5. The molecule has 0 spiro atoms. The van der Waals surface area contributed by atoms with Crippen molar-refractivity contribution < 1.29 is 17.7 Å². The van der Waals surface area contributed by atoms with Gasteiger partial charge in [0.05, 0.1) is 14.1 Å². The first-order valence-electron chi connectivity index (χ1n) is 42.0. The van der Waals surface area contributed by atoms with Crippen molar-refractivity contribution in [3.05, 3.63) is 419 Å². The van der Waals surface area contributed by atoms with E-state index in [1.807, 2.05) is 71.2 Å². The van der Waals surface area contributed by atoms with E-state index >= 15 is 0 Å². The Kier molecular flexibility index (Phi) is 17.8. The Balaban J connectivity index is 0.000000103. The van der Waals surface area contributed by atoms with Crippen molar-refractivity contribution in [2.24, 2.45) is 0 Å². The summed E-state index contributed by atoms with van der Waals surface area (Å²) in [4.78, 5) is 7.06. The number of para-hydroxylation sites is 5. The van der Waals surface area contributed by atoms with Crippen molar-refractivity contribution in [1.29, 1.82) is 0 Å². The topological polar surface area (TPSA) is 62.3 Å². The molecule has 0 amide bonds. The van der Waals surface area contributed by atoms with Gasteiger partial charge in [-0.25, -0.2) is 0 Å². The largest absolute Gasteiger partial charge is 0.456 e.